The van der Waals surface area contributed by atoms with Crippen molar-refractivity contribution < 1.29 is 18.1 Å². The second-order valence-electron chi connectivity index (χ2n) is 2.51. The van der Waals surface area contributed by atoms with Gasteiger partial charge in [0.25, 0.3) is 0 Å². The summed E-state index contributed by atoms with van der Waals surface area (Å²) >= 11 is -0.875. The molecule has 0 heterocycles. The number of rotatable bonds is 2. The molecule has 0 aliphatic heterocycles. The van der Waals surface area contributed by atoms with Crippen LogP contribution in [0.4, 0.5) is 18.9 Å². The zero-order valence-electron chi connectivity index (χ0n) is 6.92. The Bertz CT molecular complexity index is 396. The van der Waals surface area contributed by atoms with Crippen LogP contribution in [0.5, 0.6) is 0 Å². The quantitative estimate of drug-likeness (QED) is 0.477. The average Bonchev–Trinajstić information content (AvgIpc) is 2.15. The van der Waals surface area contributed by atoms with Gasteiger partial charge in [0.15, 0.2) is 0 Å². The van der Waals surface area contributed by atoms with Gasteiger partial charge in [-0.15, -0.1) is 0 Å². The topological polar surface area (TPSA) is 43.1 Å². The second-order valence-corrected chi connectivity index (χ2v) is 4.56. The van der Waals surface area contributed by atoms with E-state index in [1.807, 2.05) is 0 Å². The Labute approximate surface area is 92.8 Å². The Morgan fingerprint density at radius 3 is 2.40 bits per heavy atom. The molecule has 1 aromatic carbocycles. The summed E-state index contributed by atoms with van der Waals surface area (Å²) in [5.74, 6) is 0. The number of hydrogen-bond acceptors (Lipinski definition) is 2. The van der Waals surface area contributed by atoms with Gasteiger partial charge in [-0.3, -0.25) is 0 Å². The molecule has 0 aliphatic rings. The summed E-state index contributed by atoms with van der Waals surface area (Å²) in [6.45, 7) is 0. The van der Waals surface area contributed by atoms with E-state index >= 15 is 0 Å². The van der Waals surface area contributed by atoms with Gasteiger partial charge in [-0.2, -0.15) is 0 Å². The van der Waals surface area contributed by atoms with E-state index in [0.717, 1.165) is 12.1 Å². The van der Waals surface area contributed by atoms with Gasteiger partial charge in [-0.25, -0.2) is 0 Å². The number of halogens is 4. The predicted molar refractivity (Wildman–Crippen MR) is 49.3 cm³/mol. The van der Waals surface area contributed by atoms with Gasteiger partial charge in [-0.1, -0.05) is 0 Å². The second kappa shape index (κ2) is 4.38. The fraction of sp³-hybridized carbons (Fsp3) is 0.143. The fourth-order valence-corrected chi connectivity index (χ4v) is 2.41. The third-order valence-corrected chi connectivity index (χ3v) is 3.52. The van der Waals surface area contributed by atoms with E-state index in [1.54, 1.807) is 0 Å². The summed E-state index contributed by atoms with van der Waals surface area (Å²) in [4.78, 5) is 9.42. The molecule has 82 valence electrons. The van der Waals surface area contributed by atoms with E-state index in [2.05, 4.69) is 0 Å². The number of nitrogens with zero attached hydrogens (tertiary/aromatic N) is 1. The third kappa shape index (κ3) is 2.84. The molecule has 0 N–H and O–H groups in total. The van der Waals surface area contributed by atoms with Crippen molar-refractivity contribution in [2.75, 3.05) is 0 Å². The summed E-state index contributed by atoms with van der Waals surface area (Å²) in [6, 6.07) is 2.54. The van der Waals surface area contributed by atoms with Crippen LogP contribution in [-0.2, 0) is 6.18 Å². The van der Waals surface area contributed by atoms with E-state index in [0.29, 0.717) is 6.07 Å². The molecule has 3 nitrogen and oxygen atoms in total. The minimum absolute atomic E-state index is 0.109. The van der Waals surface area contributed by atoms with Crippen molar-refractivity contribution in [1.29, 1.82) is 0 Å². The van der Waals surface area contributed by atoms with Gasteiger partial charge in [0, 0.05) is 0 Å². The molecular formula is C7H3ClF3NO2Se. The van der Waals surface area contributed by atoms with Gasteiger partial charge < -0.3 is 0 Å². The van der Waals surface area contributed by atoms with Crippen LogP contribution in [0.3, 0.4) is 0 Å². The van der Waals surface area contributed by atoms with E-state index in [-0.39, 0.29) is 4.46 Å². The molecule has 15 heavy (non-hydrogen) atoms. The molecule has 0 saturated carbocycles. The first-order chi connectivity index (χ1) is 6.86. The summed E-state index contributed by atoms with van der Waals surface area (Å²) in [6.07, 6.45) is -4.61. The molecule has 0 bridgehead atoms. The van der Waals surface area contributed by atoms with Crippen LogP contribution < -0.4 is 4.46 Å². The zero-order chi connectivity index (χ0) is 11.6. The van der Waals surface area contributed by atoms with E-state index in [1.165, 1.54) is 0 Å². The molecule has 0 aromatic heterocycles. The van der Waals surface area contributed by atoms with Crippen LogP contribution >= 0.6 is 10.1 Å². The predicted octanol–water partition coefficient (Wildman–Crippen LogP) is 2.10. The number of benzene rings is 1. The Morgan fingerprint density at radius 2 is 2.00 bits per heavy atom. The molecule has 0 unspecified atom stereocenters. The summed E-state index contributed by atoms with van der Waals surface area (Å²) in [5.41, 5.74) is -1.63. The third-order valence-electron chi connectivity index (χ3n) is 1.56. The van der Waals surface area contributed by atoms with Gasteiger partial charge in [0.1, 0.15) is 0 Å². The molecular weight excluding hydrogens is 301 g/mol. The van der Waals surface area contributed by atoms with Gasteiger partial charge in [0.2, 0.25) is 0 Å². The molecule has 0 radical (unpaired) electrons. The number of nitro benzene ring substituents is 1. The van der Waals surface area contributed by atoms with E-state index < -0.39 is 36.4 Å². The standard InChI is InChI=1S/C7H3ClF3NO2Se/c8-15-6-2-1-4(12(13)14)3-5(6)7(9,10)11/h1-3H. The van der Waals surface area contributed by atoms with Crippen LogP contribution in [0, 0.1) is 10.1 Å². The van der Waals surface area contributed by atoms with Crippen molar-refractivity contribution in [3.05, 3.63) is 33.9 Å². The van der Waals surface area contributed by atoms with Crippen molar-refractivity contribution in [1.82, 2.24) is 0 Å². The molecule has 0 atom stereocenters. The first-order valence-corrected chi connectivity index (χ1v) is 6.61. The molecule has 0 aliphatic carbocycles. The Hall–Kier alpha value is -0.781. The minimum atomic E-state index is -4.61. The first-order valence-electron chi connectivity index (χ1n) is 3.50. The average molecular weight is 305 g/mol. The Balaban J connectivity index is 3.32. The molecule has 0 fully saturated rings. The van der Waals surface area contributed by atoms with Crippen molar-refractivity contribution in [2.45, 2.75) is 6.18 Å². The number of alkyl halides is 3. The fourth-order valence-electron chi connectivity index (χ4n) is 0.920. The van der Waals surface area contributed by atoms with Crippen molar-refractivity contribution in [3.8, 4) is 0 Å². The summed E-state index contributed by atoms with van der Waals surface area (Å²) in [5, 5.41) is 10.3. The van der Waals surface area contributed by atoms with Gasteiger partial charge >= 0.3 is 92.4 Å². The number of hydrogen-bond donors (Lipinski definition) is 0. The molecule has 0 saturated heterocycles. The number of non-ortho nitro benzene ring substituents is 1. The molecule has 0 amide bonds. The summed E-state index contributed by atoms with van der Waals surface area (Å²) in [7, 11) is 5.36. The van der Waals surface area contributed by atoms with Gasteiger partial charge in [0.05, 0.1) is 0 Å². The van der Waals surface area contributed by atoms with Crippen LogP contribution in [0.25, 0.3) is 0 Å². The van der Waals surface area contributed by atoms with Crippen LogP contribution in [-0.4, -0.2) is 19.0 Å². The van der Waals surface area contributed by atoms with Crippen molar-refractivity contribution in [2.24, 2.45) is 0 Å². The van der Waals surface area contributed by atoms with E-state index in [9.17, 15) is 23.3 Å². The van der Waals surface area contributed by atoms with Crippen molar-refractivity contribution >= 4 is 34.3 Å². The molecule has 8 heteroatoms. The first kappa shape index (κ1) is 12.3. The Morgan fingerprint density at radius 1 is 1.40 bits per heavy atom. The number of nitro groups is 1. The summed E-state index contributed by atoms with van der Waals surface area (Å²) < 4.78 is 37.1. The zero-order valence-corrected chi connectivity index (χ0v) is 9.38. The van der Waals surface area contributed by atoms with E-state index in [4.69, 9.17) is 10.1 Å². The molecule has 1 aromatic rings. The normalized spacial score (nSPS) is 11.5. The van der Waals surface area contributed by atoms with Crippen LogP contribution in [0.15, 0.2) is 18.2 Å². The molecule has 0 spiro atoms. The van der Waals surface area contributed by atoms with Crippen LogP contribution in [0.2, 0.25) is 0 Å². The molecule has 1 rings (SSSR count). The SMILES string of the molecule is O=[N+]([O-])c1ccc([Se]Cl)c(C(F)(F)F)c1. The van der Waals surface area contributed by atoms with Gasteiger partial charge in [-0.05, 0) is 0 Å². The van der Waals surface area contributed by atoms with Crippen molar-refractivity contribution in [3.63, 3.8) is 0 Å². The van der Waals surface area contributed by atoms with Crippen LogP contribution in [0.1, 0.15) is 5.56 Å². The maximum absolute atomic E-state index is 12.4. The maximum atomic E-state index is 12.4. The Kier molecular flexibility index (Phi) is 3.59. The monoisotopic (exact) mass is 305 g/mol.